The Labute approximate surface area is 161 Å². The maximum atomic E-state index is 6.46. The van der Waals surface area contributed by atoms with E-state index in [0.29, 0.717) is 11.7 Å². The Balaban J connectivity index is 1.42. The van der Waals surface area contributed by atoms with E-state index in [0.717, 1.165) is 43.6 Å². The van der Waals surface area contributed by atoms with E-state index in [-0.39, 0.29) is 0 Å². The van der Waals surface area contributed by atoms with Gasteiger partial charge in [0.25, 0.3) is 0 Å². The van der Waals surface area contributed by atoms with E-state index in [4.69, 9.17) is 5.73 Å². The second-order valence-electron chi connectivity index (χ2n) is 7.45. The number of nitrogen functional groups attached to an aromatic ring is 1. The molecular formula is C20H29N7. The first-order chi connectivity index (χ1) is 13.3. The lowest BCUT2D eigenvalue weighted by Crippen LogP contribution is -2.47. The number of hydrogen-bond donors (Lipinski definition) is 2. The van der Waals surface area contributed by atoms with Crippen molar-refractivity contribution in [1.29, 1.82) is 0 Å². The third kappa shape index (κ3) is 4.23. The zero-order valence-electron chi connectivity index (χ0n) is 15.8. The van der Waals surface area contributed by atoms with E-state index < -0.39 is 0 Å². The first-order valence-corrected chi connectivity index (χ1v) is 10.1. The average Bonchev–Trinajstić information content (AvgIpc) is 2.99. The molecule has 144 valence electrons. The Hall–Kier alpha value is -2.57. The number of nitrogens with two attached hydrogens (primary N) is 1. The lowest BCUT2D eigenvalue weighted by atomic mass is 10.1. The molecule has 1 saturated carbocycles. The summed E-state index contributed by atoms with van der Waals surface area (Å²) in [6, 6.07) is 6.51. The van der Waals surface area contributed by atoms with E-state index >= 15 is 0 Å². The van der Waals surface area contributed by atoms with Crippen molar-refractivity contribution in [2.24, 2.45) is 0 Å². The van der Waals surface area contributed by atoms with Crippen LogP contribution >= 0.6 is 0 Å². The minimum absolute atomic E-state index is 0.471. The number of anilines is 4. The minimum Gasteiger partial charge on any atom is -0.393 e. The van der Waals surface area contributed by atoms with Gasteiger partial charge in [0.15, 0.2) is 11.6 Å². The predicted molar refractivity (Wildman–Crippen MR) is 110 cm³/mol. The molecule has 0 unspecified atom stereocenters. The van der Waals surface area contributed by atoms with Gasteiger partial charge in [0.05, 0.1) is 0 Å². The summed E-state index contributed by atoms with van der Waals surface area (Å²) in [5, 5.41) is 3.58. The van der Waals surface area contributed by atoms with Crippen LogP contribution in [0.2, 0.25) is 0 Å². The number of nitrogens with zero attached hydrogens (tertiary/aromatic N) is 5. The van der Waals surface area contributed by atoms with Gasteiger partial charge in [-0.15, -0.1) is 0 Å². The molecular weight excluding hydrogens is 338 g/mol. The van der Waals surface area contributed by atoms with Crippen LogP contribution in [0.1, 0.15) is 38.5 Å². The van der Waals surface area contributed by atoms with E-state index in [2.05, 4.69) is 36.1 Å². The summed E-state index contributed by atoms with van der Waals surface area (Å²) in [6.45, 7) is 3.57. The van der Waals surface area contributed by atoms with Crippen LogP contribution in [-0.4, -0.2) is 47.2 Å². The van der Waals surface area contributed by atoms with Crippen LogP contribution in [0.5, 0.6) is 0 Å². The minimum atomic E-state index is 0.471. The van der Waals surface area contributed by atoms with E-state index in [1.54, 1.807) is 6.33 Å². The molecule has 0 radical (unpaired) electrons. The van der Waals surface area contributed by atoms with E-state index in [1.807, 2.05) is 18.3 Å². The SMILES string of the molecule is Nc1c(NC2CCCCCC2)ncnc1N1CCN(c2ccccn2)CC1. The van der Waals surface area contributed by atoms with Gasteiger partial charge in [-0.25, -0.2) is 15.0 Å². The molecule has 2 aromatic heterocycles. The van der Waals surface area contributed by atoms with Crippen molar-refractivity contribution < 1.29 is 0 Å². The van der Waals surface area contributed by atoms with E-state index in [1.165, 1.54) is 38.5 Å². The summed E-state index contributed by atoms with van der Waals surface area (Å²) in [6.07, 6.45) is 11.1. The highest BCUT2D eigenvalue weighted by Gasteiger charge is 2.23. The molecule has 3 heterocycles. The molecule has 0 spiro atoms. The van der Waals surface area contributed by atoms with Gasteiger partial charge < -0.3 is 20.9 Å². The normalized spacial score (nSPS) is 19.0. The zero-order chi connectivity index (χ0) is 18.5. The van der Waals surface area contributed by atoms with Gasteiger partial charge in [-0.3, -0.25) is 0 Å². The van der Waals surface area contributed by atoms with Crippen LogP contribution in [0.4, 0.5) is 23.1 Å². The zero-order valence-corrected chi connectivity index (χ0v) is 15.8. The maximum absolute atomic E-state index is 6.46. The Morgan fingerprint density at radius 2 is 1.63 bits per heavy atom. The van der Waals surface area contributed by atoms with Crippen LogP contribution in [0.25, 0.3) is 0 Å². The molecule has 0 aromatic carbocycles. The molecule has 3 N–H and O–H groups in total. The highest BCUT2D eigenvalue weighted by Crippen LogP contribution is 2.29. The molecule has 0 amide bonds. The molecule has 1 aliphatic heterocycles. The molecule has 27 heavy (non-hydrogen) atoms. The quantitative estimate of drug-likeness (QED) is 0.804. The largest absolute Gasteiger partial charge is 0.393 e. The topological polar surface area (TPSA) is 83.2 Å². The first kappa shape index (κ1) is 17.8. The van der Waals surface area contributed by atoms with Crippen LogP contribution in [0.15, 0.2) is 30.7 Å². The number of rotatable bonds is 4. The molecule has 7 nitrogen and oxygen atoms in total. The lowest BCUT2D eigenvalue weighted by Gasteiger charge is -2.36. The van der Waals surface area contributed by atoms with Crippen LogP contribution < -0.4 is 20.9 Å². The number of aromatic nitrogens is 3. The summed E-state index contributed by atoms with van der Waals surface area (Å²) in [5.74, 6) is 2.67. The summed E-state index contributed by atoms with van der Waals surface area (Å²) in [4.78, 5) is 17.9. The summed E-state index contributed by atoms with van der Waals surface area (Å²) >= 11 is 0. The molecule has 7 heteroatoms. The fourth-order valence-corrected chi connectivity index (χ4v) is 4.06. The molecule has 2 fully saturated rings. The molecule has 2 aromatic rings. The van der Waals surface area contributed by atoms with Crippen molar-refractivity contribution in [2.45, 2.75) is 44.6 Å². The molecule has 0 bridgehead atoms. The van der Waals surface area contributed by atoms with Crippen molar-refractivity contribution >= 4 is 23.1 Å². The summed E-state index contributed by atoms with van der Waals surface area (Å²) in [7, 11) is 0. The van der Waals surface area contributed by atoms with Crippen molar-refractivity contribution in [1.82, 2.24) is 15.0 Å². The van der Waals surface area contributed by atoms with E-state index in [9.17, 15) is 0 Å². The fraction of sp³-hybridized carbons (Fsp3) is 0.550. The third-order valence-corrected chi connectivity index (χ3v) is 5.61. The average molecular weight is 368 g/mol. The Bertz CT molecular complexity index is 720. The standard InChI is InChI=1S/C20H29N7/c21-18-19(25-16-7-3-1-2-4-8-16)23-15-24-20(18)27-13-11-26(12-14-27)17-9-5-6-10-22-17/h5-6,9-10,15-16H,1-4,7-8,11-14,21H2,(H,23,24,25). The monoisotopic (exact) mass is 367 g/mol. The summed E-state index contributed by atoms with van der Waals surface area (Å²) in [5.41, 5.74) is 7.14. The van der Waals surface area contributed by atoms with Crippen LogP contribution in [-0.2, 0) is 0 Å². The van der Waals surface area contributed by atoms with Crippen molar-refractivity contribution in [3.63, 3.8) is 0 Å². The predicted octanol–water partition coefficient (Wildman–Crippen LogP) is 2.92. The summed E-state index contributed by atoms with van der Waals surface area (Å²) < 4.78 is 0. The maximum Gasteiger partial charge on any atom is 0.157 e. The molecule has 4 rings (SSSR count). The molecule has 1 aliphatic carbocycles. The van der Waals surface area contributed by atoms with Crippen molar-refractivity contribution in [2.75, 3.05) is 47.0 Å². The molecule has 1 saturated heterocycles. The van der Waals surface area contributed by atoms with Crippen molar-refractivity contribution in [3.8, 4) is 0 Å². The Morgan fingerprint density at radius 1 is 0.889 bits per heavy atom. The highest BCUT2D eigenvalue weighted by atomic mass is 15.3. The number of nitrogens with one attached hydrogen (secondary N) is 1. The number of pyridine rings is 1. The van der Waals surface area contributed by atoms with Gasteiger partial charge in [0.2, 0.25) is 0 Å². The number of piperazine rings is 1. The molecule has 0 atom stereocenters. The second kappa shape index (κ2) is 8.41. The Morgan fingerprint density at radius 3 is 2.33 bits per heavy atom. The number of hydrogen-bond acceptors (Lipinski definition) is 7. The van der Waals surface area contributed by atoms with Gasteiger partial charge in [-0.1, -0.05) is 31.7 Å². The molecule has 2 aliphatic rings. The van der Waals surface area contributed by atoms with Gasteiger partial charge in [-0.05, 0) is 25.0 Å². The van der Waals surface area contributed by atoms with Crippen LogP contribution in [0, 0.1) is 0 Å². The van der Waals surface area contributed by atoms with Crippen molar-refractivity contribution in [3.05, 3.63) is 30.7 Å². The fourth-order valence-electron chi connectivity index (χ4n) is 4.06. The van der Waals surface area contributed by atoms with Gasteiger partial charge in [0.1, 0.15) is 17.8 Å². The van der Waals surface area contributed by atoms with Crippen LogP contribution in [0.3, 0.4) is 0 Å². The van der Waals surface area contributed by atoms with Gasteiger partial charge in [-0.2, -0.15) is 0 Å². The Kier molecular flexibility index (Phi) is 5.55. The lowest BCUT2D eigenvalue weighted by molar-refractivity contribution is 0.617. The second-order valence-corrected chi connectivity index (χ2v) is 7.45. The van der Waals surface area contributed by atoms with Gasteiger partial charge in [0, 0.05) is 38.4 Å². The smallest absolute Gasteiger partial charge is 0.157 e. The first-order valence-electron chi connectivity index (χ1n) is 10.1. The highest BCUT2D eigenvalue weighted by molar-refractivity contribution is 5.75. The van der Waals surface area contributed by atoms with Gasteiger partial charge >= 0.3 is 0 Å². The third-order valence-electron chi connectivity index (χ3n) is 5.61.